The van der Waals surface area contributed by atoms with Gasteiger partial charge in [0.05, 0.1) is 22.1 Å². The van der Waals surface area contributed by atoms with Gasteiger partial charge in [-0.15, -0.1) is 0 Å². The van der Waals surface area contributed by atoms with Crippen LogP contribution >= 0.6 is 7.60 Å². The molecule has 1 aliphatic carbocycles. The molecule has 0 atom stereocenters. The molecular weight excluding hydrogens is 507 g/mol. The average molecular weight is 535 g/mol. The van der Waals surface area contributed by atoms with E-state index in [0.717, 1.165) is 6.20 Å². The molecule has 0 bridgehead atoms. The zero-order valence-corrected chi connectivity index (χ0v) is 21.6. The van der Waals surface area contributed by atoms with Crippen LogP contribution in [-0.2, 0) is 23.9 Å². The molecule has 0 spiro atoms. The number of aromatic nitrogens is 1. The maximum atomic E-state index is 12.9. The highest BCUT2D eigenvalue weighted by Gasteiger charge is 2.19. The van der Waals surface area contributed by atoms with Gasteiger partial charge in [-0.25, -0.2) is 13.4 Å². The Morgan fingerprint density at radius 1 is 1.14 bits per heavy atom. The van der Waals surface area contributed by atoms with Crippen molar-refractivity contribution in [2.24, 2.45) is 0 Å². The molecule has 3 N–H and O–H groups in total. The van der Waals surface area contributed by atoms with Crippen LogP contribution in [0.25, 0.3) is 0 Å². The molecule has 12 heteroatoms. The number of nitrogens with zero attached hydrogens (tertiary/aromatic N) is 1. The van der Waals surface area contributed by atoms with Crippen molar-refractivity contribution in [2.75, 3.05) is 11.1 Å². The fourth-order valence-corrected chi connectivity index (χ4v) is 4.48. The Hall–Kier alpha value is -3.24. The second kappa shape index (κ2) is 11.2. The van der Waals surface area contributed by atoms with Crippen LogP contribution < -0.4 is 15.4 Å². The molecule has 0 radical (unpaired) electrons. The first kappa shape index (κ1) is 27.3. The van der Waals surface area contributed by atoms with E-state index in [2.05, 4.69) is 10.3 Å². The highest BCUT2D eigenvalue weighted by Crippen LogP contribution is 2.32. The number of ether oxygens (including phenoxy) is 2. The molecule has 36 heavy (non-hydrogen) atoms. The minimum atomic E-state index is -4.45. The molecule has 1 aromatic carbocycles. The van der Waals surface area contributed by atoms with Gasteiger partial charge in [-0.05, 0) is 56.3 Å². The average Bonchev–Trinajstić information content (AvgIpc) is 3.00. The number of carbonyl (C=O) groups is 1. The van der Waals surface area contributed by atoms with E-state index >= 15 is 0 Å². The van der Waals surface area contributed by atoms with Crippen molar-refractivity contribution in [1.29, 1.82) is 0 Å². The second-order valence-corrected chi connectivity index (χ2v) is 11.9. The van der Waals surface area contributed by atoms with Crippen LogP contribution in [0.1, 0.15) is 27.2 Å². The van der Waals surface area contributed by atoms with Crippen LogP contribution in [-0.4, -0.2) is 41.0 Å². The van der Waals surface area contributed by atoms with Crippen LogP contribution in [0.15, 0.2) is 82.8 Å². The van der Waals surface area contributed by atoms with E-state index in [1.807, 2.05) is 13.8 Å². The largest absolute Gasteiger partial charge is 0.495 e. The summed E-state index contributed by atoms with van der Waals surface area (Å²) in [5.74, 6) is 0.798. The standard InChI is InChI=1S/C24H27N2O8PS/c1-4-36(31,32)22-10-7-18(8-11-22)34-20-13-17(5-6-19(14-20)33-16(2)3)24(27)26-23-12-9-21(15-25-23)35(28,29)30/h5,7-16H,4,6H2,1-3H3,(H,25,26,27)(H2,28,29,30). The van der Waals surface area contributed by atoms with Crippen LogP contribution in [0.5, 0.6) is 5.75 Å². The molecule has 1 aliphatic rings. The number of amides is 1. The number of anilines is 1. The lowest BCUT2D eigenvalue weighted by Crippen LogP contribution is -2.16. The Kier molecular flexibility index (Phi) is 8.52. The third-order valence-electron chi connectivity index (χ3n) is 4.90. The number of pyridine rings is 1. The van der Waals surface area contributed by atoms with Gasteiger partial charge < -0.3 is 24.6 Å². The minimum absolute atomic E-state index is 0.0167. The van der Waals surface area contributed by atoms with E-state index in [0.29, 0.717) is 23.7 Å². The normalized spacial score (nSPS) is 14.3. The van der Waals surface area contributed by atoms with E-state index in [9.17, 15) is 27.6 Å². The van der Waals surface area contributed by atoms with Crippen molar-refractivity contribution in [3.8, 4) is 5.75 Å². The quantitative estimate of drug-likeness (QED) is 0.412. The highest BCUT2D eigenvalue weighted by molar-refractivity contribution is 7.91. The number of rotatable bonds is 9. The monoisotopic (exact) mass is 534 g/mol. The van der Waals surface area contributed by atoms with Gasteiger partial charge in [0.25, 0.3) is 5.91 Å². The van der Waals surface area contributed by atoms with Gasteiger partial charge in [-0.1, -0.05) is 13.0 Å². The number of sulfone groups is 1. The highest BCUT2D eigenvalue weighted by atomic mass is 32.2. The van der Waals surface area contributed by atoms with Gasteiger partial charge >= 0.3 is 7.60 Å². The summed E-state index contributed by atoms with van der Waals surface area (Å²) in [6.07, 6.45) is 6.01. The second-order valence-electron chi connectivity index (χ2n) is 8.06. The van der Waals surface area contributed by atoms with Crippen molar-refractivity contribution in [2.45, 2.75) is 38.2 Å². The van der Waals surface area contributed by atoms with Gasteiger partial charge in [0.1, 0.15) is 23.1 Å². The van der Waals surface area contributed by atoms with Crippen molar-refractivity contribution >= 4 is 34.5 Å². The third kappa shape index (κ3) is 7.38. The number of carbonyl (C=O) groups excluding carboxylic acids is 1. The topological polar surface area (TPSA) is 152 Å². The molecule has 0 fully saturated rings. The molecular formula is C24H27N2O8PS. The van der Waals surface area contributed by atoms with E-state index < -0.39 is 23.3 Å². The fraction of sp³-hybridized carbons (Fsp3) is 0.250. The third-order valence-corrected chi connectivity index (χ3v) is 7.59. The molecule has 0 aliphatic heterocycles. The summed E-state index contributed by atoms with van der Waals surface area (Å²) in [4.78, 5) is 35.4. The Labute approximate surface area is 209 Å². The minimum Gasteiger partial charge on any atom is -0.495 e. The van der Waals surface area contributed by atoms with Gasteiger partial charge in [0, 0.05) is 24.3 Å². The fourth-order valence-electron chi connectivity index (χ4n) is 3.12. The summed E-state index contributed by atoms with van der Waals surface area (Å²) in [5.41, 5.74) is 0.245. The molecule has 0 saturated carbocycles. The lowest BCUT2D eigenvalue weighted by molar-refractivity contribution is -0.112. The smallest absolute Gasteiger partial charge is 0.357 e. The molecule has 3 rings (SSSR count). The Morgan fingerprint density at radius 3 is 2.39 bits per heavy atom. The summed E-state index contributed by atoms with van der Waals surface area (Å²) in [5, 5.41) is 2.32. The molecule has 2 aromatic rings. The lowest BCUT2D eigenvalue weighted by Gasteiger charge is -2.13. The van der Waals surface area contributed by atoms with E-state index in [1.165, 1.54) is 42.5 Å². The Bertz CT molecular complexity index is 1360. The van der Waals surface area contributed by atoms with Crippen molar-refractivity contribution in [3.63, 3.8) is 0 Å². The molecule has 10 nitrogen and oxygen atoms in total. The van der Waals surface area contributed by atoms with Gasteiger partial charge in [0.2, 0.25) is 0 Å². The molecule has 0 saturated heterocycles. The number of allylic oxidation sites excluding steroid dienone is 2. The number of hydrogen-bond donors (Lipinski definition) is 3. The Morgan fingerprint density at radius 2 is 1.83 bits per heavy atom. The summed E-state index contributed by atoms with van der Waals surface area (Å²) >= 11 is 0. The predicted octanol–water partition coefficient (Wildman–Crippen LogP) is 3.22. The maximum Gasteiger partial charge on any atom is 0.357 e. The summed E-state index contributed by atoms with van der Waals surface area (Å²) in [6.45, 7) is 5.30. The van der Waals surface area contributed by atoms with Crippen LogP contribution in [0.3, 0.4) is 0 Å². The predicted molar refractivity (Wildman–Crippen MR) is 134 cm³/mol. The van der Waals surface area contributed by atoms with E-state index in [-0.39, 0.29) is 33.4 Å². The van der Waals surface area contributed by atoms with Gasteiger partial charge in [-0.2, -0.15) is 0 Å². The van der Waals surface area contributed by atoms with Gasteiger partial charge in [0.15, 0.2) is 9.84 Å². The van der Waals surface area contributed by atoms with E-state index in [1.54, 1.807) is 19.1 Å². The van der Waals surface area contributed by atoms with Crippen LogP contribution in [0, 0.1) is 0 Å². The van der Waals surface area contributed by atoms with Crippen molar-refractivity contribution < 1.29 is 37.0 Å². The number of nitrogens with one attached hydrogen (secondary N) is 1. The Balaban J connectivity index is 1.84. The maximum absolute atomic E-state index is 12.9. The first-order chi connectivity index (χ1) is 16.9. The van der Waals surface area contributed by atoms with Crippen LogP contribution in [0.4, 0.5) is 5.82 Å². The summed E-state index contributed by atoms with van der Waals surface area (Å²) in [7, 11) is -7.80. The number of hydrogen-bond acceptors (Lipinski definition) is 7. The van der Waals surface area contributed by atoms with Crippen molar-refractivity contribution in [1.82, 2.24) is 4.98 Å². The molecule has 1 amide bonds. The van der Waals surface area contributed by atoms with Crippen molar-refractivity contribution in [3.05, 3.63) is 77.9 Å². The van der Waals surface area contributed by atoms with Crippen LogP contribution in [0.2, 0.25) is 0 Å². The molecule has 192 valence electrons. The zero-order chi connectivity index (χ0) is 26.5. The zero-order valence-electron chi connectivity index (χ0n) is 19.9. The van der Waals surface area contributed by atoms with E-state index in [4.69, 9.17) is 9.47 Å². The van der Waals surface area contributed by atoms with Gasteiger partial charge in [-0.3, -0.25) is 9.36 Å². The first-order valence-corrected chi connectivity index (χ1v) is 14.3. The molecule has 1 heterocycles. The molecule has 1 aromatic heterocycles. The lowest BCUT2D eigenvalue weighted by atomic mass is 10.2. The summed E-state index contributed by atoms with van der Waals surface area (Å²) < 4.78 is 47.2. The number of benzene rings is 1. The summed E-state index contributed by atoms with van der Waals surface area (Å²) in [6, 6.07) is 8.45. The first-order valence-electron chi connectivity index (χ1n) is 11.0. The SMILES string of the molecule is CCS(=O)(=O)c1ccc(OC2=CC(C(=O)Nc3ccc(P(=O)(O)O)cn3)=CCC(OC(C)C)=C2)cc1. The molecule has 0 unspecified atom stereocenters.